The second kappa shape index (κ2) is 4.65. The van der Waals surface area contributed by atoms with Crippen LogP contribution in [0.5, 0.6) is 5.75 Å². The van der Waals surface area contributed by atoms with E-state index in [-0.39, 0.29) is 6.04 Å². The average Bonchev–Trinajstić information content (AvgIpc) is 2.90. The third-order valence-corrected chi connectivity index (χ3v) is 3.37. The van der Waals surface area contributed by atoms with Crippen molar-refractivity contribution in [1.82, 2.24) is 9.78 Å². The van der Waals surface area contributed by atoms with Crippen LogP contribution in [0.4, 0.5) is 5.82 Å². The van der Waals surface area contributed by atoms with Crippen molar-refractivity contribution in [3.8, 4) is 11.8 Å². The summed E-state index contributed by atoms with van der Waals surface area (Å²) >= 11 is 0. The highest BCUT2D eigenvalue weighted by molar-refractivity contribution is 5.46. The molecule has 0 amide bonds. The zero-order valence-electron chi connectivity index (χ0n) is 10.6. The molecule has 0 aliphatic carbocycles. The summed E-state index contributed by atoms with van der Waals surface area (Å²) in [6.45, 7) is 0.860. The molecule has 1 atom stereocenters. The zero-order chi connectivity index (χ0) is 13.2. The number of benzene rings is 1. The highest BCUT2D eigenvalue weighted by atomic mass is 16.5. The Hall–Kier alpha value is -2.48. The number of methoxy groups -OCH3 is 1. The molecule has 1 aromatic heterocycles. The van der Waals surface area contributed by atoms with Gasteiger partial charge in [0.25, 0.3) is 0 Å². The van der Waals surface area contributed by atoms with Crippen LogP contribution in [0.1, 0.15) is 23.7 Å². The number of nitriles is 1. The lowest BCUT2D eigenvalue weighted by Crippen LogP contribution is -2.24. The van der Waals surface area contributed by atoms with Crippen LogP contribution in [0.3, 0.4) is 0 Å². The van der Waals surface area contributed by atoms with Crippen molar-refractivity contribution in [1.29, 1.82) is 5.26 Å². The molecule has 0 unspecified atom stereocenters. The molecule has 1 aliphatic rings. The molecule has 5 heteroatoms. The molecule has 3 rings (SSSR count). The van der Waals surface area contributed by atoms with Crippen molar-refractivity contribution in [3.63, 3.8) is 0 Å². The second-order valence-corrected chi connectivity index (χ2v) is 4.44. The number of rotatable bonds is 2. The molecule has 1 aliphatic heterocycles. The number of para-hydroxylation sites is 1. The molecule has 1 aromatic carbocycles. The molecule has 5 nitrogen and oxygen atoms in total. The van der Waals surface area contributed by atoms with Gasteiger partial charge in [-0.2, -0.15) is 10.4 Å². The first kappa shape index (κ1) is 11.6. The maximum absolute atomic E-state index is 8.97. The van der Waals surface area contributed by atoms with E-state index in [1.54, 1.807) is 13.2 Å². The topological polar surface area (TPSA) is 62.9 Å². The smallest absolute Gasteiger partial charge is 0.164 e. The summed E-state index contributed by atoms with van der Waals surface area (Å²) in [6.07, 6.45) is 0.917. The highest BCUT2D eigenvalue weighted by Crippen LogP contribution is 2.34. The Kier molecular flexibility index (Phi) is 2.84. The molecule has 0 spiro atoms. The molecule has 0 radical (unpaired) electrons. The Balaban J connectivity index is 2.08. The van der Waals surface area contributed by atoms with E-state index in [0.29, 0.717) is 5.69 Å². The Morgan fingerprint density at radius 2 is 2.32 bits per heavy atom. The van der Waals surface area contributed by atoms with E-state index < -0.39 is 0 Å². The maximum Gasteiger partial charge on any atom is 0.164 e. The third kappa shape index (κ3) is 1.91. The van der Waals surface area contributed by atoms with Gasteiger partial charge in [0.05, 0.1) is 13.2 Å². The fourth-order valence-electron chi connectivity index (χ4n) is 2.51. The first-order valence-corrected chi connectivity index (χ1v) is 6.20. The largest absolute Gasteiger partial charge is 0.496 e. The predicted octanol–water partition coefficient (Wildman–Crippen LogP) is 2.17. The first-order valence-electron chi connectivity index (χ1n) is 6.20. The van der Waals surface area contributed by atoms with Crippen LogP contribution in [0, 0.1) is 11.3 Å². The first-order chi connectivity index (χ1) is 9.33. The van der Waals surface area contributed by atoms with Gasteiger partial charge < -0.3 is 10.1 Å². The van der Waals surface area contributed by atoms with Gasteiger partial charge in [0.2, 0.25) is 0 Å². The molecule has 1 N–H and O–H groups in total. The minimum absolute atomic E-state index is 0.106. The van der Waals surface area contributed by atoms with Crippen molar-refractivity contribution in [3.05, 3.63) is 41.6 Å². The SMILES string of the molecule is COc1ccccc1[C@H]1CCNc2cc(C#N)nn21. The van der Waals surface area contributed by atoms with E-state index in [9.17, 15) is 0 Å². The Morgan fingerprint density at radius 3 is 3.11 bits per heavy atom. The number of hydrogen-bond acceptors (Lipinski definition) is 4. The number of fused-ring (bicyclic) bond motifs is 1. The van der Waals surface area contributed by atoms with Crippen molar-refractivity contribution >= 4 is 5.82 Å². The molecule has 0 saturated carbocycles. The van der Waals surface area contributed by atoms with Crippen molar-refractivity contribution in [2.75, 3.05) is 19.0 Å². The quantitative estimate of drug-likeness (QED) is 0.892. The minimum Gasteiger partial charge on any atom is -0.496 e. The van der Waals surface area contributed by atoms with E-state index in [1.807, 2.05) is 28.9 Å². The van der Waals surface area contributed by atoms with E-state index in [0.717, 1.165) is 30.1 Å². The number of anilines is 1. The lowest BCUT2D eigenvalue weighted by atomic mass is 10.0. The zero-order valence-corrected chi connectivity index (χ0v) is 10.6. The number of aromatic nitrogens is 2. The predicted molar refractivity (Wildman–Crippen MR) is 71.2 cm³/mol. The highest BCUT2D eigenvalue weighted by Gasteiger charge is 2.25. The molecule has 2 heterocycles. The van der Waals surface area contributed by atoms with E-state index in [4.69, 9.17) is 10.00 Å². The molecule has 2 aromatic rings. The Morgan fingerprint density at radius 1 is 1.47 bits per heavy atom. The van der Waals surface area contributed by atoms with Crippen LogP contribution < -0.4 is 10.1 Å². The summed E-state index contributed by atoms with van der Waals surface area (Å²) in [6, 6.07) is 11.9. The van der Waals surface area contributed by atoms with Gasteiger partial charge in [0.1, 0.15) is 17.6 Å². The molecular formula is C14H14N4O. The molecule has 19 heavy (non-hydrogen) atoms. The van der Waals surface area contributed by atoms with E-state index >= 15 is 0 Å². The number of nitrogens with one attached hydrogen (secondary N) is 1. The van der Waals surface area contributed by atoms with Gasteiger partial charge in [0.15, 0.2) is 5.69 Å². The van der Waals surface area contributed by atoms with Crippen LogP contribution in [0.25, 0.3) is 0 Å². The Bertz CT molecular complexity index is 641. The van der Waals surface area contributed by atoms with Gasteiger partial charge >= 0.3 is 0 Å². The lowest BCUT2D eigenvalue weighted by Gasteiger charge is -2.27. The van der Waals surface area contributed by atoms with Crippen molar-refractivity contribution < 1.29 is 4.74 Å². The van der Waals surface area contributed by atoms with E-state index in [1.165, 1.54) is 0 Å². The Labute approximate surface area is 111 Å². The summed E-state index contributed by atoms with van der Waals surface area (Å²) in [7, 11) is 1.67. The summed E-state index contributed by atoms with van der Waals surface area (Å²) in [5, 5.41) is 16.6. The van der Waals surface area contributed by atoms with Crippen LogP contribution in [0.2, 0.25) is 0 Å². The van der Waals surface area contributed by atoms with Crippen LogP contribution in [-0.2, 0) is 0 Å². The summed E-state index contributed by atoms with van der Waals surface area (Å²) in [5.41, 5.74) is 1.53. The number of hydrogen-bond donors (Lipinski definition) is 1. The summed E-state index contributed by atoms with van der Waals surface area (Å²) in [4.78, 5) is 0. The lowest BCUT2D eigenvalue weighted by molar-refractivity contribution is 0.391. The average molecular weight is 254 g/mol. The van der Waals surface area contributed by atoms with Gasteiger partial charge in [-0.15, -0.1) is 0 Å². The van der Waals surface area contributed by atoms with Crippen molar-refractivity contribution in [2.24, 2.45) is 0 Å². The fourth-order valence-corrected chi connectivity index (χ4v) is 2.51. The van der Waals surface area contributed by atoms with Gasteiger partial charge in [-0.1, -0.05) is 18.2 Å². The summed E-state index contributed by atoms with van der Waals surface area (Å²) in [5.74, 6) is 1.74. The number of ether oxygens (including phenoxy) is 1. The van der Waals surface area contributed by atoms with Gasteiger partial charge in [0, 0.05) is 18.2 Å². The van der Waals surface area contributed by atoms with Crippen LogP contribution in [-0.4, -0.2) is 23.4 Å². The summed E-state index contributed by atoms with van der Waals surface area (Å²) < 4.78 is 7.30. The van der Waals surface area contributed by atoms with Crippen LogP contribution in [0.15, 0.2) is 30.3 Å². The second-order valence-electron chi connectivity index (χ2n) is 4.44. The monoisotopic (exact) mass is 254 g/mol. The molecule has 0 bridgehead atoms. The van der Waals surface area contributed by atoms with Gasteiger partial charge in [-0.25, -0.2) is 4.68 Å². The van der Waals surface area contributed by atoms with E-state index in [2.05, 4.69) is 16.5 Å². The minimum atomic E-state index is 0.106. The molecule has 96 valence electrons. The van der Waals surface area contributed by atoms with Gasteiger partial charge in [-0.3, -0.25) is 0 Å². The normalized spacial score (nSPS) is 17.2. The van der Waals surface area contributed by atoms with Crippen LogP contribution >= 0.6 is 0 Å². The maximum atomic E-state index is 8.97. The molecular weight excluding hydrogens is 240 g/mol. The standard InChI is InChI=1S/C14H14N4O/c1-19-13-5-3-2-4-11(13)12-6-7-16-14-8-10(9-15)17-18(12)14/h2-5,8,12,16H,6-7H2,1H3/t12-/m1/s1. The number of nitrogens with zero attached hydrogens (tertiary/aromatic N) is 3. The third-order valence-electron chi connectivity index (χ3n) is 3.37. The van der Waals surface area contributed by atoms with Crippen molar-refractivity contribution in [2.45, 2.75) is 12.5 Å². The molecule has 0 saturated heterocycles. The fraction of sp³-hybridized carbons (Fsp3) is 0.286. The van der Waals surface area contributed by atoms with Gasteiger partial charge in [-0.05, 0) is 12.5 Å². The molecule has 0 fully saturated rings.